The van der Waals surface area contributed by atoms with Crippen molar-refractivity contribution in [2.75, 3.05) is 20.2 Å². The Balaban J connectivity index is 2.79. The van der Waals surface area contributed by atoms with Gasteiger partial charge in [0, 0.05) is 13.0 Å². The molecule has 3 N–H and O–H groups in total. The Morgan fingerprint density at radius 3 is 2.71 bits per heavy atom. The summed E-state index contributed by atoms with van der Waals surface area (Å²) in [6, 6.07) is -1.05. The fourth-order valence-corrected chi connectivity index (χ4v) is 1.89. The summed E-state index contributed by atoms with van der Waals surface area (Å²) >= 11 is 0. The Labute approximate surface area is 98.5 Å². The number of carboxylic acids is 1. The number of amides is 1. The Kier molecular flexibility index (Phi) is 4.45. The minimum atomic E-state index is -1.15. The molecule has 1 saturated heterocycles. The summed E-state index contributed by atoms with van der Waals surface area (Å²) in [7, 11) is 1.16. The van der Waals surface area contributed by atoms with Crippen molar-refractivity contribution in [3.05, 3.63) is 0 Å². The Bertz CT molecular complexity index is 331. The molecule has 0 saturated carbocycles. The van der Waals surface area contributed by atoms with Crippen molar-refractivity contribution in [2.45, 2.75) is 18.9 Å². The maximum Gasteiger partial charge on any atom is 0.329 e. The molecule has 96 valence electrons. The third-order valence-corrected chi connectivity index (χ3v) is 2.79. The molecular weight excluding hydrogens is 228 g/mol. The van der Waals surface area contributed by atoms with Gasteiger partial charge in [0.25, 0.3) is 0 Å². The van der Waals surface area contributed by atoms with E-state index in [0.717, 1.165) is 7.11 Å². The van der Waals surface area contributed by atoms with Crippen molar-refractivity contribution >= 4 is 17.8 Å². The van der Waals surface area contributed by atoms with Crippen LogP contribution in [0.25, 0.3) is 0 Å². The molecule has 1 aliphatic rings. The molecule has 0 radical (unpaired) electrons. The van der Waals surface area contributed by atoms with Crippen LogP contribution < -0.4 is 5.73 Å². The zero-order valence-electron chi connectivity index (χ0n) is 9.59. The van der Waals surface area contributed by atoms with E-state index < -0.39 is 24.4 Å². The molecule has 0 aliphatic carbocycles. The van der Waals surface area contributed by atoms with Gasteiger partial charge < -0.3 is 20.5 Å². The molecule has 0 aromatic heterocycles. The van der Waals surface area contributed by atoms with Gasteiger partial charge in [-0.3, -0.25) is 9.59 Å². The predicted molar refractivity (Wildman–Crippen MR) is 56.9 cm³/mol. The van der Waals surface area contributed by atoms with Gasteiger partial charge >= 0.3 is 11.9 Å². The highest BCUT2D eigenvalue weighted by Crippen LogP contribution is 2.21. The van der Waals surface area contributed by atoms with E-state index in [9.17, 15) is 14.4 Å². The van der Waals surface area contributed by atoms with E-state index in [2.05, 4.69) is 4.74 Å². The molecule has 0 aromatic rings. The van der Waals surface area contributed by atoms with Crippen LogP contribution >= 0.6 is 0 Å². The molecule has 1 rings (SSSR count). The monoisotopic (exact) mass is 244 g/mol. The summed E-state index contributed by atoms with van der Waals surface area (Å²) in [5, 5.41) is 8.73. The van der Waals surface area contributed by atoms with Crippen molar-refractivity contribution in [1.82, 2.24) is 4.90 Å². The Hall–Kier alpha value is -1.63. The number of carbonyl (C=O) groups excluding carboxylic acids is 2. The van der Waals surface area contributed by atoms with Crippen LogP contribution in [0.4, 0.5) is 0 Å². The Morgan fingerprint density at radius 2 is 2.29 bits per heavy atom. The first-order chi connectivity index (χ1) is 7.99. The minimum absolute atomic E-state index is 0.0246. The highest BCUT2D eigenvalue weighted by molar-refractivity contribution is 5.88. The van der Waals surface area contributed by atoms with E-state index in [4.69, 9.17) is 10.8 Å². The van der Waals surface area contributed by atoms with Crippen LogP contribution in [0.5, 0.6) is 0 Å². The molecule has 7 nitrogen and oxygen atoms in total. The zero-order valence-corrected chi connectivity index (χ0v) is 9.59. The van der Waals surface area contributed by atoms with Gasteiger partial charge in [-0.2, -0.15) is 0 Å². The second kappa shape index (κ2) is 5.62. The lowest BCUT2D eigenvalue weighted by Crippen LogP contribution is -2.44. The lowest BCUT2D eigenvalue weighted by molar-refractivity contribution is -0.155. The van der Waals surface area contributed by atoms with Crippen LogP contribution in [0.3, 0.4) is 0 Å². The van der Waals surface area contributed by atoms with Crippen LogP contribution in [-0.4, -0.2) is 54.1 Å². The van der Waals surface area contributed by atoms with Gasteiger partial charge in [-0.05, 0) is 12.5 Å². The maximum absolute atomic E-state index is 11.7. The van der Waals surface area contributed by atoms with Crippen LogP contribution in [0, 0.1) is 5.92 Å². The highest BCUT2D eigenvalue weighted by Gasteiger charge is 2.38. The first-order valence-corrected chi connectivity index (χ1v) is 5.28. The number of hydrogen-bond donors (Lipinski definition) is 2. The van der Waals surface area contributed by atoms with Gasteiger partial charge in [0.15, 0.2) is 0 Å². The lowest BCUT2D eigenvalue weighted by Gasteiger charge is -2.24. The number of methoxy groups -OCH3 is 1. The molecule has 0 spiro atoms. The van der Waals surface area contributed by atoms with E-state index >= 15 is 0 Å². The summed E-state index contributed by atoms with van der Waals surface area (Å²) in [4.78, 5) is 35.0. The maximum atomic E-state index is 11.7. The smallest absolute Gasteiger partial charge is 0.329 e. The quantitative estimate of drug-likeness (QED) is 0.588. The van der Waals surface area contributed by atoms with Crippen LogP contribution in [0.1, 0.15) is 12.8 Å². The summed E-state index contributed by atoms with van der Waals surface area (Å²) < 4.78 is 4.52. The molecule has 2 atom stereocenters. The van der Waals surface area contributed by atoms with Gasteiger partial charge in [0.05, 0.1) is 13.5 Å². The molecule has 17 heavy (non-hydrogen) atoms. The predicted octanol–water partition coefficient (Wildman–Crippen LogP) is -1.19. The van der Waals surface area contributed by atoms with Crippen LogP contribution in [-0.2, 0) is 19.1 Å². The third-order valence-electron chi connectivity index (χ3n) is 2.79. The van der Waals surface area contributed by atoms with Gasteiger partial charge in [-0.25, -0.2) is 4.79 Å². The molecule has 1 fully saturated rings. The molecule has 1 heterocycles. The van der Waals surface area contributed by atoms with Gasteiger partial charge in [-0.15, -0.1) is 0 Å². The molecular formula is C10H16N2O5. The number of aliphatic carboxylic acids is 1. The molecule has 1 unspecified atom stereocenters. The number of esters is 1. The number of hydrogen-bond acceptors (Lipinski definition) is 5. The summed E-state index contributed by atoms with van der Waals surface area (Å²) in [6.07, 6.45) is -0.195. The molecule has 7 heteroatoms. The number of nitrogens with two attached hydrogens (primary N) is 1. The summed E-state index contributed by atoms with van der Waals surface area (Å²) in [6.45, 7) is 0.644. The SMILES string of the molecule is COC(=O)[C@H](CC(=O)O)N1CC(CN)CC1=O. The summed E-state index contributed by atoms with van der Waals surface area (Å²) in [5.74, 6) is -2.14. The van der Waals surface area contributed by atoms with E-state index in [1.165, 1.54) is 4.90 Å². The van der Waals surface area contributed by atoms with E-state index in [0.29, 0.717) is 13.1 Å². The van der Waals surface area contributed by atoms with Crippen molar-refractivity contribution < 1.29 is 24.2 Å². The largest absolute Gasteiger partial charge is 0.481 e. The average Bonchev–Trinajstić information content (AvgIpc) is 2.66. The first kappa shape index (κ1) is 13.4. The van der Waals surface area contributed by atoms with Gasteiger partial charge in [-0.1, -0.05) is 0 Å². The fourth-order valence-electron chi connectivity index (χ4n) is 1.89. The number of ether oxygens (including phenoxy) is 1. The standard InChI is InChI=1S/C10H16N2O5/c1-17-10(16)7(3-9(14)15)12-5-6(4-11)2-8(12)13/h6-7H,2-5,11H2,1H3,(H,14,15)/t6?,7-/m0/s1. The molecule has 1 amide bonds. The highest BCUT2D eigenvalue weighted by atomic mass is 16.5. The van der Waals surface area contributed by atoms with E-state index in [-0.39, 0.29) is 18.2 Å². The van der Waals surface area contributed by atoms with Crippen molar-refractivity contribution in [2.24, 2.45) is 11.7 Å². The molecule has 0 bridgehead atoms. The minimum Gasteiger partial charge on any atom is -0.481 e. The molecule has 1 aliphatic heterocycles. The average molecular weight is 244 g/mol. The van der Waals surface area contributed by atoms with Crippen molar-refractivity contribution in [3.8, 4) is 0 Å². The normalized spacial score (nSPS) is 21.4. The van der Waals surface area contributed by atoms with Gasteiger partial charge in [0.1, 0.15) is 6.04 Å². The number of likely N-dealkylation sites (tertiary alicyclic amines) is 1. The number of nitrogens with zero attached hydrogens (tertiary/aromatic N) is 1. The van der Waals surface area contributed by atoms with Crippen molar-refractivity contribution in [3.63, 3.8) is 0 Å². The second-order valence-electron chi connectivity index (χ2n) is 3.99. The second-order valence-corrected chi connectivity index (χ2v) is 3.99. The Morgan fingerprint density at radius 1 is 1.65 bits per heavy atom. The molecule has 0 aromatic carbocycles. The topological polar surface area (TPSA) is 110 Å². The number of carbonyl (C=O) groups is 3. The fraction of sp³-hybridized carbons (Fsp3) is 0.700. The first-order valence-electron chi connectivity index (χ1n) is 5.28. The van der Waals surface area contributed by atoms with Gasteiger partial charge in [0.2, 0.25) is 5.91 Å². The van der Waals surface area contributed by atoms with Crippen LogP contribution in [0.2, 0.25) is 0 Å². The lowest BCUT2D eigenvalue weighted by atomic mass is 10.1. The summed E-state index contributed by atoms with van der Waals surface area (Å²) in [5.41, 5.74) is 5.46. The van der Waals surface area contributed by atoms with Crippen molar-refractivity contribution in [1.29, 1.82) is 0 Å². The van der Waals surface area contributed by atoms with E-state index in [1.807, 2.05) is 0 Å². The third kappa shape index (κ3) is 3.16. The van der Waals surface area contributed by atoms with Crippen LogP contribution in [0.15, 0.2) is 0 Å². The zero-order chi connectivity index (χ0) is 13.0. The van der Waals surface area contributed by atoms with E-state index in [1.54, 1.807) is 0 Å². The number of carboxylic acid groups (broad SMARTS) is 1. The number of rotatable bonds is 5.